The first-order chi connectivity index (χ1) is 9.74. The van der Waals surface area contributed by atoms with Gasteiger partial charge in [-0.25, -0.2) is 5.43 Å². The van der Waals surface area contributed by atoms with E-state index in [9.17, 15) is 9.59 Å². The number of fused-ring (bicyclic) bond motifs is 1. The zero-order chi connectivity index (χ0) is 13.9. The van der Waals surface area contributed by atoms with Crippen LogP contribution in [0.15, 0.2) is 29.4 Å². The molecule has 1 aromatic rings. The van der Waals surface area contributed by atoms with Gasteiger partial charge in [0.25, 0.3) is 5.91 Å². The first kappa shape index (κ1) is 12.8. The van der Waals surface area contributed by atoms with E-state index in [1.807, 2.05) is 17.0 Å². The van der Waals surface area contributed by atoms with Gasteiger partial charge in [0.1, 0.15) is 5.71 Å². The van der Waals surface area contributed by atoms with Crippen LogP contribution >= 0.6 is 0 Å². The van der Waals surface area contributed by atoms with Crippen molar-refractivity contribution < 1.29 is 9.59 Å². The Bertz CT molecular complexity index is 553. The third kappa shape index (κ3) is 2.57. The highest BCUT2D eigenvalue weighted by atomic mass is 16.2. The predicted molar refractivity (Wildman–Crippen MR) is 75.2 cm³/mol. The summed E-state index contributed by atoms with van der Waals surface area (Å²) in [6.07, 6.45) is 2.54. The Balaban J connectivity index is 1.71. The summed E-state index contributed by atoms with van der Waals surface area (Å²) in [5.41, 5.74) is 5.50. The van der Waals surface area contributed by atoms with E-state index in [1.165, 1.54) is 11.1 Å². The van der Waals surface area contributed by atoms with Crippen LogP contribution in [0.3, 0.4) is 0 Å². The number of hydrogen-bond acceptors (Lipinski definition) is 3. The maximum absolute atomic E-state index is 12.4. The van der Waals surface area contributed by atoms with Gasteiger partial charge in [0.15, 0.2) is 0 Å². The van der Waals surface area contributed by atoms with Crippen LogP contribution in [-0.4, -0.2) is 35.5 Å². The molecular formula is C15H17N3O2. The number of amides is 2. The van der Waals surface area contributed by atoms with E-state index in [0.29, 0.717) is 31.6 Å². The summed E-state index contributed by atoms with van der Waals surface area (Å²) in [5.74, 6) is -0.164. The number of rotatable bonds is 1. The average molecular weight is 271 g/mol. The molecule has 0 atom stereocenters. The van der Waals surface area contributed by atoms with Crippen molar-refractivity contribution in [3.05, 3.63) is 35.4 Å². The lowest BCUT2D eigenvalue weighted by atomic mass is 10.0. The molecule has 3 rings (SSSR count). The number of carbonyl (C=O) groups excluding carboxylic acids is 2. The van der Waals surface area contributed by atoms with Crippen LogP contribution in [0.25, 0.3) is 0 Å². The summed E-state index contributed by atoms with van der Waals surface area (Å²) >= 11 is 0. The normalized spacial score (nSPS) is 18.7. The molecule has 0 aliphatic carbocycles. The second kappa shape index (κ2) is 5.45. The van der Waals surface area contributed by atoms with Gasteiger partial charge >= 0.3 is 0 Å². The van der Waals surface area contributed by atoms with Crippen molar-refractivity contribution in [1.29, 1.82) is 0 Å². The Kier molecular flexibility index (Phi) is 3.50. The van der Waals surface area contributed by atoms with E-state index in [0.717, 1.165) is 12.8 Å². The molecule has 0 saturated carbocycles. The van der Waals surface area contributed by atoms with E-state index in [-0.39, 0.29) is 11.8 Å². The molecular weight excluding hydrogens is 254 g/mol. The van der Waals surface area contributed by atoms with Gasteiger partial charge < -0.3 is 4.90 Å². The maximum atomic E-state index is 12.4. The third-order valence-electron chi connectivity index (χ3n) is 3.86. The highest BCUT2D eigenvalue weighted by molar-refractivity contribution is 6.39. The fourth-order valence-corrected chi connectivity index (χ4v) is 2.68. The molecule has 2 aliphatic heterocycles. The largest absolute Gasteiger partial charge is 0.337 e. The van der Waals surface area contributed by atoms with Crippen molar-refractivity contribution in [2.24, 2.45) is 5.10 Å². The highest BCUT2D eigenvalue weighted by Gasteiger charge is 2.24. The van der Waals surface area contributed by atoms with Crippen LogP contribution in [0, 0.1) is 0 Å². The van der Waals surface area contributed by atoms with Gasteiger partial charge in [-0.15, -0.1) is 0 Å². The number of nitrogens with one attached hydrogen (secondary N) is 1. The number of hydrogen-bond donors (Lipinski definition) is 1. The quantitative estimate of drug-likeness (QED) is 0.824. The second-order valence-corrected chi connectivity index (χ2v) is 5.15. The van der Waals surface area contributed by atoms with Crippen molar-refractivity contribution in [1.82, 2.24) is 10.3 Å². The maximum Gasteiger partial charge on any atom is 0.270 e. The summed E-state index contributed by atoms with van der Waals surface area (Å²) in [7, 11) is 0. The molecule has 0 fully saturated rings. The SMILES string of the molecule is O=C1CCC(C(=O)N2CCc3ccccc3CC2)=NN1. The van der Waals surface area contributed by atoms with Crippen LogP contribution in [-0.2, 0) is 22.4 Å². The standard InChI is InChI=1S/C15H17N3O2/c19-14-6-5-13(16-17-14)15(20)18-9-7-11-3-1-2-4-12(11)8-10-18/h1-4H,5-10H2,(H,17,19). The molecule has 0 radical (unpaired) electrons. The summed E-state index contributed by atoms with van der Waals surface area (Å²) in [4.78, 5) is 25.3. The average Bonchev–Trinajstić information content (AvgIpc) is 2.70. The van der Waals surface area contributed by atoms with Crippen LogP contribution in [0.5, 0.6) is 0 Å². The number of carbonyl (C=O) groups is 2. The van der Waals surface area contributed by atoms with Crippen LogP contribution in [0.1, 0.15) is 24.0 Å². The molecule has 20 heavy (non-hydrogen) atoms. The minimum absolute atomic E-state index is 0.0437. The van der Waals surface area contributed by atoms with E-state index < -0.39 is 0 Å². The fourth-order valence-electron chi connectivity index (χ4n) is 2.68. The first-order valence-corrected chi connectivity index (χ1v) is 6.95. The molecule has 0 unspecified atom stereocenters. The molecule has 5 nitrogen and oxygen atoms in total. The monoisotopic (exact) mass is 271 g/mol. The molecule has 2 heterocycles. The fraction of sp³-hybridized carbons (Fsp3) is 0.400. The van der Waals surface area contributed by atoms with Gasteiger partial charge in [-0.1, -0.05) is 24.3 Å². The Morgan fingerprint density at radius 3 is 2.25 bits per heavy atom. The van der Waals surface area contributed by atoms with Gasteiger partial charge in [0.2, 0.25) is 5.91 Å². The van der Waals surface area contributed by atoms with Crippen molar-refractivity contribution in [3.8, 4) is 0 Å². The number of hydrazone groups is 1. The van der Waals surface area contributed by atoms with Crippen molar-refractivity contribution in [2.75, 3.05) is 13.1 Å². The zero-order valence-corrected chi connectivity index (χ0v) is 11.3. The Morgan fingerprint density at radius 2 is 1.70 bits per heavy atom. The lowest BCUT2D eigenvalue weighted by Crippen LogP contribution is -2.41. The third-order valence-corrected chi connectivity index (χ3v) is 3.86. The summed E-state index contributed by atoms with van der Waals surface area (Å²) in [6, 6.07) is 8.33. The van der Waals surface area contributed by atoms with E-state index >= 15 is 0 Å². The molecule has 5 heteroatoms. The van der Waals surface area contributed by atoms with Gasteiger partial charge in [0.05, 0.1) is 0 Å². The lowest BCUT2D eigenvalue weighted by Gasteiger charge is -2.22. The van der Waals surface area contributed by atoms with Gasteiger partial charge in [-0.2, -0.15) is 5.10 Å². The molecule has 0 aromatic heterocycles. The van der Waals surface area contributed by atoms with Crippen molar-refractivity contribution in [2.45, 2.75) is 25.7 Å². The Morgan fingerprint density at radius 1 is 1.05 bits per heavy atom. The minimum atomic E-state index is -0.121. The molecule has 0 spiro atoms. The summed E-state index contributed by atoms with van der Waals surface area (Å²) < 4.78 is 0. The van der Waals surface area contributed by atoms with Crippen LogP contribution in [0.4, 0.5) is 0 Å². The molecule has 2 aliphatic rings. The second-order valence-electron chi connectivity index (χ2n) is 5.15. The molecule has 0 bridgehead atoms. The van der Waals surface area contributed by atoms with Gasteiger partial charge in [-0.05, 0) is 24.0 Å². The van der Waals surface area contributed by atoms with Crippen LogP contribution in [0.2, 0.25) is 0 Å². The number of benzene rings is 1. The van der Waals surface area contributed by atoms with E-state index in [1.54, 1.807) is 0 Å². The molecule has 1 N–H and O–H groups in total. The zero-order valence-electron chi connectivity index (χ0n) is 11.3. The van der Waals surface area contributed by atoms with E-state index in [2.05, 4.69) is 22.7 Å². The van der Waals surface area contributed by atoms with Crippen LogP contribution < -0.4 is 5.43 Å². The lowest BCUT2D eigenvalue weighted by molar-refractivity contribution is -0.124. The van der Waals surface area contributed by atoms with Gasteiger partial charge in [-0.3, -0.25) is 9.59 Å². The summed E-state index contributed by atoms with van der Waals surface area (Å²) in [5, 5.41) is 3.89. The molecule has 0 saturated heterocycles. The first-order valence-electron chi connectivity index (χ1n) is 6.95. The highest BCUT2D eigenvalue weighted by Crippen LogP contribution is 2.16. The minimum Gasteiger partial charge on any atom is -0.337 e. The van der Waals surface area contributed by atoms with Gasteiger partial charge in [0, 0.05) is 25.9 Å². The summed E-state index contributed by atoms with van der Waals surface area (Å²) in [6.45, 7) is 1.42. The predicted octanol–water partition coefficient (Wildman–Crippen LogP) is 0.880. The van der Waals surface area contributed by atoms with Crippen molar-refractivity contribution in [3.63, 3.8) is 0 Å². The Hall–Kier alpha value is -2.17. The Labute approximate surface area is 117 Å². The molecule has 1 aromatic carbocycles. The number of nitrogens with zero attached hydrogens (tertiary/aromatic N) is 2. The van der Waals surface area contributed by atoms with Crippen molar-refractivity contribution >= 4 is 17.5 Å². The topological polar surface area (TPSA) is 61.8 Å². The van der Waals surface area contributed by atoms with E-state index in [4.69, 9.17) is 0 Å². The molecule has 104 valence electrons. The smallest absolute Gasteiger partial charge is 0.270 e. The molecule has 2 amide bonds.